The van der Waals surface area contributed by atoms with Gasteiger partial charge in [0.05, 0.1) is 72.7 Å². The van der Waals surface area contributed by atoms with Crippen molar-refractivity contribution in [1.82, 2.24) is 20.0 Å². The lowest BCUT2D eigenvalue weighted by molar-refractivity contribution is -0.149. The molecular formula is C61H94N6O12. The highest BCUT2D eigenvalue weighted by atomic mass is 16.6. The fraction of sp³-hybridized carbons (Fsp3) is 0.656. The summed E-state index contributed by atoms with van der Waals surface area (Å²) in [6, 6.07) is 11.7. The van der Waals surface area contributed by atoms with Crippen LogP contribution in [0.4, 0.5) is 21.0 Å². The van der Waals surface area contributed by atoms with Gasteiger partial charge in [-0.2, -0.15) is 0 Å². The zero-order valence-corrected chi connectivity index (χ0v) is 49.5. The molecule has 1 aliphatic carbocycles. The molecule has 0 aromatic heterocycles. The number of nitrogens with zero attached hydrogens (tertiary/aromatic N) is 3. The summed E-state index contributed by atoms with van der Waals surface area (Å²) in [4.78, 5) is 101. The summed E-state index contributed by atoms with van der Waals surface area (Å²) in [7, 11) is 6.27. The van der Waals surface area contributed by atoms with Crippen molar-refractivity contribution in [2.24, 2.45) is 29.6 Å². The summed E-state index contributed by atoms with van der Waals surface area (Å²) in [5, 5.41) is 19.8. The number of aliphatic hydroxyl groups is 1. The average Bonchev–Trinajstić information content (AvgIpc) is 3.93. The third-order valence-corrected chi connectivity index (χ3v) is 16.0. The molecule has 79 heavy (non-hydrogen) atoms. The fourth-order valence-corrected chi connectivity index (χ4v) is 11.0. The van der Waals surface area contributed by atoms with Gasteiger partial charge >= 0.3 is 12.2 Å². The number of nitrogens with one attached hydrogen (secondary N) is 3. The maximum Gasteiger partial charge on any atom is 0.412 e. The Bertz CT molecular complexity index is 2330. The Hall–Kier alpha value is -5.85. The number of amides is 5. The number of hydrogen-bond donors (Lipinski definition) is 4. The van der Waals surface area contributed by atoms with Gasteiger partial charge in [-0.1, -0.05) is 111 Å². The van der Waals surface area contributed by atoms with Crippen LogP contribution in [-0.2, 0) is 49.5 Å². The Balaban J connectivity index is 1.44. The zero-order valence-electron chi connectivity index (χ0n) is 49.5. The van der Waals surface area contributed by atoms with Crippen molar-refractivity contribution in [1.29, 1.82) is 0 Å². The van der Waals surface area contributed by atoms with Crippen molar-refractivity contribution in [2.75, 3.05) is 52.0 Å². The predicted molar refractivity (Wildman–Crippen MR) is 306 cm³/mol. The Morgan fingerprint density at radius 1 is 0.810 bits per heavy atom. The van der Waals surface area contributed by atoms with Crippen LogP contribution in [0.15, 0.2) is 60.7 Å². The molecule has 2 aromatic carbocycles. The fourth-order valence-electron chi connectivity index (χ4n) is 11.0. The summed E-state index contributed by atoms with van der Waals surface area (Å²) < 4.78 is 23.6. The maximum absolute atomic E-state index is 14.8. The first kappa shape index (κ1) is 65.7. The number of methoxy groups -OCH3 is 2. The minimum absolute atomic E-state index is 0.0126. The molecule has 0 saturated carbocycles. The molecule has 440 valence electrons. The van der Waals surface area contributed by atoms with Crippen LogP contribution in [0.25, 0.3) is 0 Å². The molecule has 5 amide bonds. The molecule has 1 fully saturated rings. The third kappa shape index (κ3) is 18.9. The lowest BCUT2D eigenvalue weighted by Gasteiger charge is -2.41. The number of ketones is 2. The summed E-state index contributed by atoms with van der Waals surface area (Å²) in [6.07, 6.45) is 6.83. The number of anilines is 2. The number of Topliss-reactive ketones (excluding diaryl/α,β-unsaturated/α-hetero) is 2. The summed E-state index contributed by atoms with van der Waals surface area (Å²) in [5.74, 6) is -3.32. The molecule has 4 N–H and O–H groups in total. The zero-order chi connectivity index (χ0) is 58.5. The number of rotatable bonds is 29. The SMILES string of the molecule is CCC(=O)CNc1cc(COC(=O)N(C)[C@H](C(=O)C[C@@H](C(=O)N(C)[C@@H]([C@@H](C)CC)[C@@H](CC(=O)N2CCC[C@H]2[C@H](OC)[C@@H](C)C(=O)N[C@H](C)[C@@H](O)c2ccccc2)OC)C(C)C)C(C)C)ccc1NC(=O)OC1/C=C/CCCCC1. The molecular weight excluding hydrogens is 1010 g/mol. The van der Waals surface area contributed by atoms with Crippen LogP contribution in [0, 0.1) is 29.6 Å². The monoisotopic (exact) mass is 1100 g/mol. The van der Waals surface area contributed by atoms with Gasteiger partial charge in [-0.3, -0.25) is 29.3 Å². The predicted octanol–water partition coefficient (Wildman–Crippen LogP) is 9.50. The smallest absolute Gasteiger partial charge is 0.412 e. The standard InChI is InChI=1S/C61H94N6O12/c1-14-40(7)55(52(76-12)35-53(70)67-32-24-29-50(67)57(77-13)41(8)58(72)63-42(9)56(71)44-25-20-19-21-26-44)65(10)59(73)47(38(3)4)34-51(69)54(39(5)6)66(11)61(75)78-37-43-30-31-48(49(33-43)62-36-45(68)15-2)64-60(74)79-46-27-22-17-16-18-23-28-46/h19-22,25-27,30-31,33,38-42,46-47,50,52,54-57,62,71H,14-18,23-24,28-29,32,34-37H2,1-13H3,(H,63,72)(H,64,74)/b27-22+/t40-,41+,42+,46?,47+,50-,52+,54-,55-,56+,57+/m0/s1. The van der Waals surface area contributed by atoms with Crippen LogP contribution in [-0.4, -0.2) is 145 Å². The third-order valence-electron chi connectivity index (χ3n) is 16.0. The van der Waals surface area contributed by atoms with Crippen LogP contribution < -0.4 is 16.0 Å². The highest BCUT2D eigenvalue weighted by Crippen LogP contribution is 2.32. The molecule has 1 unspecified atom stereocenters. The van der Waals surface area contributed by atoms with Crippen molar-refractivity contribution < 1.29 is 57.6 Å². The van der Waals surface area contributed by atoms with Crippen LogP contribution in [0.3, 0.4) is 0 Å². The molecule has 4 rings (SSSR count). The molecule has 1 aliphatic heterocycles. The van der Waals surface area contributed by atoms with E-state index < -0.39 is 66.5 Å². The van der Waals surface area contributed by atoms with E-state index in [2.05, 4.69) is 16.0 Å². The van der Waals surface area contributed by atoms with E-state index in [0.29, 0.717) is 54.7 Å². The molecule has 0 bridgehead atoms. The van der Waals surface area contributed by atoms with Gasteiger partial charge in [0.1, 0.15) is 12.7 Å². The number of carbonyl (C=O) groups is 7. The van der Waals surface area contributed by atoms with Gasteiger partial charge in [0.2, 0.25) is 17.7 Å². The van der Waals surface area contributed by atoms with E-state index in [1.165, 1.54) is 26.2 Å². The topological polar surface area (TPSA) is 222 Å². The Kier molecular flexibility index (Phi) is 26.9. The van der Waals surface area contributed by atoms with Crippen molar-refractivity contribution in [3.05, 3.63) is 71.8 Å². The minimum Gasteiger partial charge on any atom is -0.445 e. The molecule has 1 heterocycles. The van der Waals surface area contributed by atoms with E-state index in [0.717, 1.165) is 32.1 Å². The first-order valence-electron chi connectivity index (χ1n) is 28.7. The lowest BCUT2D eigenvalue weighted by Crippen LogP contribution is -2.55. The normalized spacial score (nSPS) is 19.5. The highest BCUT2D eigenvalue weighted by molar-refractivity contribution is 5.93. The second-order valence-corrected chi connectivity index (χ2v) is 22.4. The number of benzene rings is 2. The molecule has 2 aliphatic rings. The van der Waals surface area contributed by atoms with Crippen molar-refractivity contribution in [3.8, 4) is 0 Å². The maximum atomic E-state index is 14.8. The van der Waals surface area contributed by atoms with Gasteiger partial charge in [0.15, 0.2) is 11.6 Å². The Labute approximate surface area is 470 Å². The van der Waals surface area contributed by atoms with Crippen molar-refractivity contribution in [2.45, 2.75) is 188 Å². The number of ether oxygens (including phenoxy) is 4. The van der Waals surface area contributed by atoms with Gasteiger partial charge in [-0.15, -0.1) is 0 Å². The van der Waals surface area contributed by atoms with Crippen LogP contribution in [0.5, 0.6) is 0 Å². The Morgan fingerprint density at radius 2 is 1.52 bits per heavy atom. The molecule has 1 saturated heterocycles. The van der Waals surface area contributed by atoms with Gasteiger partial charge in [-0.25, -0.2) is 9.59 Å². The van der Waals surface area contributed by atoms with Crippen LogP contribution in [0.2, 0.25) is 0 Å². The second kappa shape index (κ2) is 32.4. The molecule has 18 heteroatoms. The summed E-state index contributed by atoms with van der Waals surface area (Å²) in [5.41, 5.74) is 2.07. The second-order valence-electron chi connectivity index (χ2n) is 22.4. The largest absolute Gasteiger partial charge is 0.445 e. The van der Waals surface area contributed by atoms with Crippen molar-refractivity contribution >= 4 is 52.8 Å². The van der Waals surface area contributed by atoms with Crippen LogP contribution in [0.1, 0.15) is 150 Å². The summed E-state index contributed by atoms with van der Waals surface area (Å²) >= 11 is 0. The Morgan fingerprint density at radius 3 is 2.15 bits per heavy atom. The minimum atomic E-state index is -0.938. The number of carbonyl (C=O) groups excluding carboxylic acids is 7. The van der Waals surface area contributed by atoms with Gasteiger partial charge in [0, 0.05) is 53.6 Å². The average molecular weight is 1100 g/mol. The van der Waals surface area contributed by atoms with Crippen LogP contribution >= 0.6 is 0 Å². The van der Waals surface area contributed by atoms with E-state index in [1.54, 1.807) is 68.0 Å². The first-order chi connectivity index (χ1) is 37.6. The van der Waals surface area contributed by atoms with Gasteiger partial charge in [-0.05, 0) is 92.5 Å². The quantitative estimate of drug-likeness (QED) is 0.0558. The molecule has 2 aromatic rings. The molecule has 11 atom stereocenters. The van der Waals surface area contributed by atoms with Crippen molar-refractivity contribution in [3.63, 3.8) is 0 Å². The summed E-state index contributed by atoms with van der Waals surface area (Å²) in [6.45, 7) is 17.0. The number of aliphatic hydroxyl groups excluding tert-OH is 1. The number of likely N-dealkylation sites (tertiary alicyclic amines) is 1. The number of allylic oxidation sites excluding steroid dienone is 1. The van der Waals surface area contributed by atoms with E-state index in [9.17, 15) is 38.7 Å². The van der Waals surface area contributed by atoms with E-state index in [1.807, 2.05) is 71.9 Å². The van der Waals surface area contributed by atoms with Gasteiger partial charge in [0.25, 0.3) is 0 Å². The van der Waals surface area contributed by atoms with E-state index in [-0.39, 0.29) is 79.1 Å². The molecule has 18 nitrogen and oxygen atoms in total. The molecule has 0 spiro atoms. The van der Waals surface area contributed by atoms with E-state index >= 15 is 0 Å². The number of likely N-dealkylation sites (N-methyl/N-ethyl adjacent to an activating group) is 2. The van der Waals surface area contributed by atoms with Gasteiger partial charge < -0.3 is 49.4 Å². The lowest BCUT2D eigenvalue weighted by atomic mass is 9.83. The van der Waals surface area contributed by atoms with E-state index in [4.69, 9.17) is 18.9 Å². The first-order valence-corrected chi connectivity index (χ1v) is 28.7. The molecule has 0 radical (unpaired) electrons. The number of hydrogen-bond acceptors (Lipinski definition) is 13. The highest BCUT2D eigenvalue weighted by Gasteiger charge is 2.44.